The second-order valence-corrected chi connectivity index (χ2v) is 4.31. The Morgan fingerprint density at radius 2 is 2.26 bits per heavy atom. The van der Waals surface area contributed by atoms with Crippen LogP contribution in [0.15, 0.2) is 24.3 Å². The normalized spacial score (nSPS) is 20.2. The smallest absolute Gasteiger partial charge is 0.387 e. The number of nitriles is 1. The van der Waals surface area contributed by atoms with Gasteiger partial charge in [-0.3, -0.25) is 4.90 Å². The minimum atomic E-state index is -2.84. The Labute approximate surface area is 110 Å². The van der Waals surface area contributed by atoms with Gasteiger partial charge in [-0.2, -0.15) is 14.0 Å². The number of nitrogens with zero attached hydrogens (tertiary/aromatic N) is 2. The van der Waals surface area contributed by atoms with Crippen LogP contribution in [0.5, 0.6) is 5.75 Å². The van der Waals surface area contributed by atoms with Crippen LogP contribution in [0.25, 0.3) is 0 Å². The summed E-state index contributed by atoms with van der Waals surface area (Å²) in [5.74, 6) is 0.174. The monoisotopic (exact) mass is 267 g/mol. The van der Waals surface area contributed by atoms with Crippen molar-refractivity contribution in [1.82, 2.24) is 10.2 Å². The fourth-order valence-electron chi connectivity index (χ4n) is 2.13. The number of benzene rings is 1. The van der Waals surface area contributed by atoms with Gasteiger partial charge in [-0.15, -0.1) is 0 Å². The molecule has 102 valence electrons. The number of hydrogen-bond donors (Lipinski definition) is 1. The summed E-state index contributed by atoms with van der Waals surface area (Å²) < 4.78 is 29.1. The summed E-state index contributed by atoms with van der Waals surface area (Å²) in [6, 6.07) is 8.66. The Morgan fingerprint density at radius 3 is 3.00 bits per heavy atom. The lowest BCUT2D eigenvalue weighted by molar-refractivity contribution is -0.0508. The van der Waals surface area contributed by atoms with Crippen LogP contribution in [-0.2, 0) is 6.54 Å². The zero-order chi connectivity index (χ0) is 13.7. The highest BCUT2D eigenvalue weighted by Gasteiger charge is 2.23. The van der Waals surface area contributed by atoms with Gasteiger partial charge in [-0.25, -0.2) is 0 Å². The summed E-state index contributed by atoms with van der Waals surface area (Å²) in [7, 11) is 0. The Kier molecular flexibility index (Phi) is 4.66. The van der Waals surface area contributed by atoms with Crippen molar-refractivity contribution in [2.75, 3.05) is 19.6 Å². The molecule has 0 bridgehead atoms. The van der Waals surface area contributed by atoms with E-state index in [1.54, 1.807) is 18.2 Å². The van der Waals surface area contributed by atoms with Crippen LogP contribution in [0.4, 0.5) is 8.78 Å². The molecule has 1 N–H and O–H groups in total. The highest BCUT2D eigenvalue weighted by molar-refractivity contribution is 5.33. The summed E-state index contributed by atoms with van der Waals surface area (Å²) in [6.07, 6.45) is 0. The van der Waals surface area contributed by atoms with Gasteiger partial charge in [0.1, 0.15) is 11.8 Å². The molecule has 19 heavy (non-hydrogen) atoms. The van der Waals surface area contributed by atoms with Gasteiger partial charge in [0.15, 0.2) is 0 Å². The number of hydrogen-bond acceptors (Lipinski definition) is 4. The summed E-state index contributed by atoms with van der Waals surface area (Å²) in [5, 5.41) is 12.2. The number of rotatable bonds is 4. The second kappa shape index (κ2) is 6.45. The first-order valence-electron chi connectivity index (χ1n) is 6.08. The number of nitrogens with one attached hydrogen (secondary N) is 1. The molecule has 0 aromatic heterocycles. The van der Waals surface area contributed by atoms with Crippen molar-refractivity contribution >= 4 is 0 Å². The molecule has 1 saturated heterocycles. The van der Waals surface area contributed by atoms with E-state index in [1.807, 2.05) is 4.90 Å². The maximum Gasteiger partial charge on any atom is 0.387 e. The fourth-order valence-corrected chi connectivity index (χ4v) is 2.13. The van der Waals surface area contributed by atoms with Crippen molar-refractivity contribution in [2.24, 2.45) is 0 Å². The summed E-state index contributed by atoms with van der Waals surface area (Å²) in [4.78, 5) is 1.96. The van der Waals surface area contributed by atoms with Crippen LogP contribution < -0.4 is 10.1 Å². The predicted molar refractivity (Wildman–Crippen MR) is 65.8 cm³/mol. The Bertz CT molecular complexity index is 461. The summed E-state index contributed by atoms with van der Waals surface area (Å²) in [5.41, 5.74) is 0.671. The summed E-state index contributed by atoms with van der Waals surface area (Å²) in [6.45, 7) is -0.315. The predicted octanol–water partition coefficient (Wildman–Crippen LogP) is 1.59. The van der Waals surface area contributed by atoms with Crippen molar-refractivity contribution in [1.29, 1.82) is 5.26 Å². The van der Waals surface area contributed by atoms with E-state index < -0.39 is 6.61 Å². The highest BCUT2D eigenvalue weighted by Crippen LogP contribution is 2.22. The molecule has 0 radical (unpaired) electrons. The van der Waals surface area contributed by atoms with E-state index in [2.05, 4.69) is 16.1 Å². The van der Waals surface area contributed by atoms with Crippen LogP contribution in [-0.4, -0.2) is 37.2 Å². The van der Waals surface area contributed by atoms with Crippen LogP contribution >= 0.6 is 0 Å². The van der Waals surface area contributed by atoms with Crippen LogP contribution in [0.1, 0.15) is 5.56 Å². The molecule has 1 heterocycles. The molecule has 1 aliphatic rings. The van der Waals surface area contributed by atoms with Gasteiger partial charge in [0.2, 0.25) is 0 Å². The molecule has 0 aliphatic carbocycles. The van der Waals surface area contributed by atoms with Crippen molar-refractivity contribution in [3.63, 3.8) is 0 Å². The molecular formula is C13H15F2N3O. The lowest BCUT2D eigenvalue weighted by Gasteiger charge is -2.32. The van der Waals surface area contributed by atoms with Gasteiger partial charge in [-0.05, 0) is 6.07 Å². The van der Waals surface area contributed by atoms with E-state index in [-0.39, 0.29) is 11.8 Å². The lowest BCUT2D eigenvalue weighted by Crippen LogP contribution is -2.50. The van der Waals surface area contributed by atoms with E-state index in [4.69, 9.17) is 5.26 Å². The maximum absolute atomic E-state index is 12.3. The molecule has 2 rings (SSSR count). The van der Waals surface area contributed by atoms with E-state index >= 15 is 0 Å². The highest BCUT2D eigenvalue weighted by atomic mass is 19.3. The Morgan fingerprint density at radius 1 is 1.47 bits per heavy atom. The first kappa shape index (κ1) is 13.7. The zero-order valence-electron chi connectivity index (χ0n) is 10.4. The molecule has 1 atom stereocenters. The number of para-hydroxylation sites is 1. The lowest BCUT2D eigenvalue weighted by atomic mass is 10.1. The number of halogens is 2. The Balaban J connectivity index is 2.11. The molecule has 0 spiro atoms. The van der Waals surface area contributed by atoms with E-state index in [9.17, 15) is 8.78 Å². The molecule has 0 saturated carbocycles. The molecule has 1 aromatic rings. The largest absolute Gasteiger partial charge is 0.434 e. The third-order valence-corrected chi connectivity index (χ3v) is 3.07. The summed E-state index contributed by atoms with van der Waals surface area (Å²) >= 11 is 0. The first-order chi connectivity index (χ1) is 9.20. The van der Waals surface area contributed by atoms with Crippen molar-refractivity contribution in [2.45, 2.75) is 19.2 Å². The third-order valence-electron chi connectivity index (χ3n) is 3.07. The van der Waals surface area contributed by atoms with E-state index in [0.717, 1.165) is 6.54 Å². The SMILES string of the molecule is N#CC1CNCCN1Cc1ccccc1OC(F)F. The van der Waals surface area contributed by atoms with Gasteiger partial charge in [0.25, 0.3) is 0 Å². The number of piperazine rings is 1. The minimum absolute atomic E-state index is 0.174. The Hall–Kier alpha value is -1.71. The molecule has 4 nitrogen and oxygen atoms in total. The first-order valence-corrected chi connectivity index (χ1v) is 6.08. The quantitative estimate of drug-likeness (QED) is 0.900. The molecule has 6 heteroatoms. The van der Waals surface area contributed by atoms with Crippen LogP contribution in [0.3, 0.4) is 0 Å². The van der Waals surface area contributed by atoms with Gasteiger partial charge in [0.05, 0.1) is 6.07 Å². The minimum Gasteiger partial charge on any atom is -0.434 e. The van der Waals surface area contributed by atoms with Gasteiger partial charge >= 0.3 is 6.61 Å². The molecule has 1 aromatic carbocycles. The molecule has 1 unspecified atom stereocenters. The van der Waals surface area contributed by atoms with Crippen LogP contribution in [0, 0.1) is 11.3 Å². The van der Waals surface area contributed by atoms with Crippen LogP contribution in [0.2, 0.25) is 0 Å². The van der Waals surface area contributed by atoms with E-state index in [0.29, 0.717) is 25.2 Å². The molecule has 1 aliphatic heterocycles. The van der Waals surface area contributed by atoms with Crippen molar-refractivity contribution < 1.29 is 13.5 Å². The average molecular weight is 267 g/mol. The third kappa shape index (κ3) is 3.63. The number of alkyl halides is 2. The zero-order valence-corrected chi connectivity index (χ0v) is 10.4. The van der Waals surface area contributed by atoms with Gasteiger partial charge < -0.3 is 10.1 Å². The fraction of sp³-hybridized carbons (Fsp3) is 0.462. The van der Waals surface area contributed by atoms with Gasteiger partial charge in [0, 0.05) is 31.7 Å². The maximum atomic E-state index is 12.3. The van der Waals surface area contributed by atoms with Crippen molar-refractivity contribution in [3.05, 3.63) is 29.8 Å². The van der Waals surface area contributed by atoms with Gasteiger partial charge in [-0.1, -0.05) is 18.2 Å². The van der Waals surface area contributed by atoms with E-state index in [1.165, 1.54) is 6.07 Å². The molecular weight excluding hydrogens is 252 g/mol. The topological polar surface area (TPSA) is 48.3 Å². The standard InChI is InChI=1S/C13H15F2N3O/c14-13(15)19-12-4-2-1-3-10(12)9-18-6-5-17-8-11(18)7-16/h1-4,11,13,17H,5-6,8-9H2. The molecule has 1 fully saturated rings. The second-order valence-electron chi connectivity index (χ2n) is 4.31. The number of ether oxygens (including phenoxy) is 1. The average Bonchev–Trinajstić information content (AvgIpc) is 2.41. The molecule has 0 amide bonds. The van der Waals surface area contributed by atoms with Crippen molar-refractivity contribution in [3.8, 4) is 11.8 Å².